The van der Waals surface area contributed by atoms with Crippen LogP contribution in [0.2, 0.25) is 0 Å². The number of benzene rings is 1. The molecule has 4 heterocycles. The van der Waals surface area contributed by atoms with Crippen molar-refractivity contribution in [2.24, 2.45) is 5.92 Å². The van der Waals surface area contributed by atoms with Gasteiger partial charge in [0, 0.05) is 18.2 Å². The van der Waals surface area contributed by atoms with Gasteiger partial charge in [-0.25, -0.2) is 18.3 Å². The van der Waals surface area contributed by atoms with E-state index in [2.05, 4.69) is 20.5 Å². The lowest BCUT2D eigenvalue weighted by Gasteiger charge is -2.38. The van der Waals surface area contributed by atoms with Gasteiger partial charge in [-0.1, -0.05) is 17.3 Å². The second kappa shape index (κ2) is 7.50. The van der Waals surface area contributed by atoms with E-state index in [1.807, 2.05) is 4.90 Å². The summed E-state index contributed by atoms with van der Waals surface area (Å²) in [6.45, 7) is 2.53. The van der Waals surface area contributed by atoms with Crippen LogP contribution < -0.4 is 9.64 Å². The van der Waals surface area contributed by atoms with E-state index in [1.165, 1.54) is 16.8 Å². The van der Waals surface area contributed by atoms with Gasteiger partial charge in [-0.3, -0.25) is 0 Å². The van der Waals surface area contributed by atoms with Gasteiger partial charge in [0.05, 0.1) is 11.4 Å². The number of carboxylic acids is 1. The minimum Gasteiger partial charge on any atom is -0.479 e. The van der Waals surface area contributed by atoms with E-state index in [9.17, 15) is 18.7 Å². The van der Waals surface area contributed by atoms with E-state index in [4.69, 9.17) is 4.74 Å². The molecule has 9 nitrogen and oxygen atoms in total. The molecule has 1 aliphatic carbocycles. The summed E-state index contributed by atoms with van der Waals surface area (Å²) < 4.78 is 32.9. The lowest BCUT2D eigenvalue weighted by molar-refractivity contribution is -0.145. The summed E-state index contributed by atoms with van der Waals surface area (Å²) in [5.74, 6) is 0.340. The monoisotopic (exact) mass is 442 g/mol. The molecular weight excluding hydrogens is 422 g/mol. The molecule has 2 aromatic heterocycles. The second-order valence-electron chi connectivity index (χ2n) is 8.17. The van der Waals surface area contributed by atoms with E-state index in [-0.39, 0.29) is 18.1 Å². The Labute approximate surface area is 181 Å². The number of aryl methyl sites for hydroxylation is 1. The zero-order chi connectivity index (χ0) is 22.5. The highest BCUT2D eigenvalue weighted by molar-refractivity contribution is 5.86. The van der Waals surface area contributed by atoms with Gasteiger partial charge in [0.15, 0.2) is 5.82 Å². The Morgan fingerprint density at radius 2 is 1.94 bits per heavy atom. The van der Waals surface area contributed by atoms with Crippen LogP contribution in [0.5, 0.6) is 5.88 Å². The third-order valence-electron chi connectivity index (χ3n) is 6.21. The highest BCUT2D eigenvalue weighted by Crippen LogP contribution is 2.51. The predicted molar refractivity (Wildman–Crippen MR) is 108 cm³/mol. The van der Waals surface area contributed by atoms with Gasteiger partial charge in [-0.15, -0.1) is 15.3 Å². The van der Waals surface area contributed by atoms with Crippen molar-refractivity contribution in [3.63, 3.8) is 0 Å². The zero-order valence-electron chi connectivity index (χ0n) is 17.2. The molecule has 0 amide bonds. The van der Waals surface area contributed by atoms with E-state index in [1.54, 1.807) is 31.2 Å². The molecule has 3 aliphatic rings. The molecule has 11 heteroatoms. The molecule has 0 radical (unpaired) electrons. The summed E-state index contributed by atoms with van der Waals surface area (Å²) in [6, 6.07) is 9.14. The van der Waals surface area contributed by atoms with Crippen LogP contribution in [0.1, 0.15) is 36.2 Å². The Morgan fingerprint density at radius 3 is 2.56 bits per heavy atom. The van der Waals surface area contributed by atoms with Crippen molar-refractivity contribution < 1.29 is 23.4 Å². The number of hydrogen-bond acceptors (Lipinski definition) is 7. The maximum absolute atomic E-state index is 12.8. The van der Waals surface area contributed by atoms with Crippen LogP contribution in [0.3, 0.4) is 0 Å². The fourth-order valence-electron chi connectivity index (χ4n) is 4.47. The third-order valence-corrected chi connectivity index (χ3v) is 6.21. The van der Waals surface area contributed by atoms with E-state index in [0.717, 1.165) is 0 Å². The normalized spacial score (nSPS) is 21.6. The van der Waals surface area contributed by atoms with Crippen molar-refractivity contribution in [2.45, 2.75) is 38.3 Å². The van der Waals surface area contributed by atoms with Crippen molar-refractivity contribution in [1.29, 1.82) is 0 Å². The largest absolute Gasteiger partial charge is 0.479 e. The van der Waals surface area contributed by atoms with Gasteiger partial charge in [-0.2, -0.15) is 0 Å². The summed E-state index contributed by atoms with van der Waals surface area (Å²) in [4.78, 5) is 13.5. The first-order chi connectivity index (χ1) is 15.4. The van der Waals surface area contributed by atoms with Gasteiger partial charge < -0.3 is 14.7 Å². The number of aromatic nitrogens is 5. The SMILES string of the molecule is Cc1nnn(-c2ccc(C(F)F)cc2)c1COc1ccc(N2CC3CC2(C(=O)O)C3)nn1. The molecule has 0 spiro atoms. The van der Waals surface area contributed by atoms with Crippen LogP contribution in [0.15, 0.2) is 36.4 Å². The summed E-state index contributed by atoms with van der Waals surface area (Å²) >= 11 is 0. The molecule has 1 saturated carbocycles. The van der Waals surface area contributed by atoms with Crippen molar-refractivity contribution in [3.05, 3.63) is 53.3 Å². The third kappa shape index (κ3) is 3.24. The van der Waals surface area contributed by atoms with Crippen LogP contribution >= 0.6 is 0 Å². The molecule has 2 aliphatic heterocycles. The number of anilines is 1. The molecule has 2 saturated heterocycles. The number of rotatable bonds is 7. The molecule has 166 valence electrons. The number of alkyl halides is 2. The van der Waals surface area contributed by atoms with Crippen LogP contribution in [-0.2, 0) is 11.4 Å². The first kappa shape index (κ1) is 20.3. The molecule has 6 rings (SSSR count). The number of carboxylic acid groups (broad SMARTS) is 1. The van der Waals surface area contributed by atoms with Gasteiger partial charge in [0.2, 0.25) is 5.88 Å². The van der Waals surface area contributed by atoms with Gasteiger partial charge in [0.1, 0.15) is 17.8 Å². The molecule has 32 heavy (non-hydrogen) atoms. The molecule has 1 N–H and O–H groups in total. The molecule has 3 aromatic rings. The van der Waals surface area contributed by atoms with E-state index >= 15 is 0 Å². The maximum Gasteiger partial charge on any atom is 0.329 e. The second-order valence-corrected chi connectivity index (χ2v) is 8.17. The highest BCUT2D eigenvalue weighted by Gasteiger charge is 2.61. The Kier molecular flexibility index (Phi) is 4.75. The van der Waals surface area contributed by atoms with Gasteiger partial charge in [0.25, 0.3) is 6.43 Å². The Bertz CT molecular complexity index is 1140. The first-order valence-electron chi connectivity index (χ1n) is 10.1. The number of nitrogens with zero attached hydrogens (tertiary/aromatic N) is 6. The molecule has 2 bridgehead atoms. The Morgan fingerprint density at radius 1 is 1.19 bits per heavy atom. The van der Waals surface area contributed by atoms with Crippen molar-refractivity contribution in [2.75, 3.05) is 11.4 Å². The quantitative estimate of drug-likeness (QED) is 0.595. The van der Waals surface area contributed by atoms with E-state index < -0.39 is 17.9 Å². The minimum absolute atomic E-state index is 0.0704. The van der Waals surface area contributed by atoms with Gasteiger partial charge in [-0.05, 0) is 43.9 Å². The Balaban J connectivity index is 1.30. The summed E-state index contributed by atoms with van der Waals surface area (Å²) in [6.07, 6.45) is -1.27. The topological polar surface area (TPSA) is 106 Å². The van der Waals surface area contributed by atoms with Gasteiger partial charge >= 0.3 is 5.97 Å². The molecule has 1 aromatic carbocycles. The summed E-state index contributed by atoms with van der Waals surface area (Å²) in [5.41, 5.74) is 0.927. The maximum atomic E-state index is 12.8. The highest BCUT2D eigenvalue weighted by atomic mass is 19.3. The number of fused-ring (bicyclic) bond motifs is 1. The smallest absolute Gasteiger partial charge is 0.329 e. The predicted octanol–water partition coefficient (Wildman–Crippen LogP) is 2.94. The standard InChI is InChI=1S/C21H20F2N6O3/c1-12-16(29(27-24-12)15-4-2-14(3-5-15)19(22)23)11-32-18-7-6-17(25-26-18)28-10-13-8-21(28,9-13)20(30)31/h2-7,13,19H,8-11H2,1H3,(H,30,31). The number of carbonyl (C=O) groups is 1. The van der Waals surface area contributed by atoms with Crippen molar-refractivity contribution >= 4 is 11.8 Å². The fourth-order valence-corrected chi connectivity index (χ4v) is 4.47. The van der Waals surface area contributed by atoms with Crippen LogP contribution in [0.4, 0.5) is 14.6 Å². The number of hydrogen-bond donors (Lipinski definition) is 1. The minimum atomic E-state index is -2.54. The zero-order valence-corrected chi connectivity index (χ0v) is 17.2. The summed E-state index contributed by atoms with van der Waals surface area (Å²) in [5, 5.41) is 26.0. The number of aliphatic carboxylic acids is 1. The van der Waals surface area contributed by atoms with Crippen molar-refractivity contribution in [1.82, 2.24) is 25.2 Å². The lowest BCUT2D eigenvalue weighted by atomic mass is 9.73. The fraction of sp³-hybridized carbons (Fsp3) is 0.381. The van der Waals surface area contributed by atoms with Crippen LogP contribution in [-0.4, -0.2) is 48.4 Å². The van der Waals surface area contributed by atoms with E-state index in [0.29, 0.717) is 48.2 Å². The first-order valence-corrected chi connectivity index (χ1v) is 10.1. The van der Waals surface area contributed by atoms with Crippen molar-refractivity contribution in [3.8, 4) is 11.6 Å². The molecule has 0 atom stereocenters. The van der Waals surface area contributed by atoms with Crippen LogP contribution in [0.25, 0.3) is 5.69 Å². The molecule has 3 fully saturated rings. The lowest BCUT2D eigenvalue weighted by Crippen LogP contribution is -2.53. The average molecular weight is 442 g/mol. The summed E-state index contributed by atoms with van der Waals surface area (Å²) in [7, 11) is 0. The number of halogens is 2. The average Bonchev–Trinajstić information content (AvgIpc) is 3.44. The number of ether oxygens (including phenoxy) is 1. The Hall–Kier alpha value is -3.63. The molecule has 0 unspecified atom stereocenters. The molecular formula is C21H20F2N6O3. The van der Waals surface area contributed by atoms with Crippen LogP contribution in [0, 0.1) is 12.8 Å².